The van der Waals surface area contributed by atoms with Gasteiger partial charge in [-0.15, -0.1) is 11.8 Å². The molecule has 1 aliphatic rings. The Morgan fingerprint density at radius 2 is 2.41 bits per heavy atom. The second-order valence-electron chi connectivity index (χ2n) is 3.97. The Labute approximate surface area is 109 Å². The molecule has 0 spiro atoms. The fourth-order valence-corrected chi connectivity index (χ4v) is 2.72. The van der Waals surface area contributed by atoms with Gasteiger partial charge < -0.3 is 0 Å². The zero-order valence-corrected chi connectivity index (χ0v) is 10.9. The lowest BCUT2D eigenvalue weighted by molar-refractivity contribution is 0.107. The second-order valence-corrected chi connectivity index (χ2v) is 5.62. The zero-order chi connectivity index (χ0) is 12.5. The number of halogens is 1. The van der Waals surface area contributed by atoms with Gasteiger partial charge in [-0.2, -0.15) is 5.26 Å². The van der Waals surface area contributed by atoms with Crippen LogP contribution in [0.1, 0.15) is 35.8 Å². The predicted molar refractivity (Wildman–Crippen MR) is 67.3 cm³/mol. The number of pyridine rings is 1. The van der Waals surface area contributed by atoms with Crippen molar-refractivity contribution >= 4 is 28.6 Å². The van der Waals surface area contributed by atoms with Gasteiger partial charge in [0.2, 0.25) is 0 Å². The molecule has 0 aliphatic heterocycles. The average molecular weight is 267 g/mol. The van der Waals surface area contributed by atoms with Crippen molar-refractivity contribution in [3.63, 3.8) is 0 Å². The Morgan fingerprint density at radius 3 is 2.88 bits per heavy atom. The van der Waals surface area contributed by atoms with Crippen molar-refractivity contribution in [3.8, 4) is 6.07 Å². The summed E-state index contributed by atoms with van der Waals surface area (Å²) in [5.41, 5.74) is 0.817. The molecule has 1 aromatic heterocycles. The average Bonchev–Trinajstić information content (AvgIpc) is 3.10. The van der Waals surface area contributed by atoms with Gasteiger partial charge in [-0.1, -0.05) is 6.92 Å². The summed E-state index contributed by atoms with van der Waals surface area (Å²) in [4.78, 5) is 16.1. The third kappa shape index (κ3) is 2.31. The number of nitrogens with zero attached hydrogens (tertiary/aromatic N) is 2. The minimum atomic E-state index is -0.547. The van der Waals surface area contributed by atoms with Crippen LogP contribution in [-0.4, -0.2) is 16.0 Å². The molecule has 1 fully saturated rings. The largest absolute Gasteiger partial charge is 0.274 e. The van der Waals surface area contributed by atoms with Crippen molar-refractivity contribution in [1.29, 1.82) is 5.26 Å². The highest BCUT2D eigenvalue weighted by molar-refractivity contribution is 7.99. The number of aromatic nitrogens is 1. The van der Waals surface area contributed by atoms with Crippen LogP contribution in [0.15, 0.2) is 17.2 Å². The lowest BCUT2D eigenvalue weighted by atomic mass is 10.00. The molecule has 17 heavy (non-hydrogen) atoms. The van der Waals surface area contributed by atoms with Crippen LogP contribution in [0.25, 0.3) is 0 Å². The molecular formula is C12H11ClN2OS. The molecule has 88 valence electrons. The Hall–Kier alpha value is -1.05. The van der Waals surface area contributed by atoms with Crippen LogP contribution in [0, 0.1) is 11.3 Å². The summed E-state index contributed by atoms with van der Waals surface area (Å²) < 4.78 is 0. The lowest BCUT2D eigenvalue weighted by Gasteiger charge is -2.09. The highest BCUT2D eigenvalue weighted by Crippen LogP contribution is 2.48. The summed E-state index contributed by atoms with van der Waals surface area (Å²) in [5.74, 6) is 0.835. The lowest BCUT2D eigenvalue weighted by Crippen LogP contribution is -2.06. The van der Waals surface area contributed by atoms with Gasteiger partial charge in [0.1, 0.15) is 5.69 Å². The number of nitriles is 1. The molecule has 0 aromatic carbocycles. The van der Waals surface area contributed by atoms with Gasteiger partial charge in [0.05, 0.1) is 11.5 Å². The molecule has 0 saturated heterocycles. The zero-order valence-electron chi connectivity index (χ0n) is 9.36. The van der Waals surface area contributed by atoms with E-state index in [1.54, 1.807) is 6.20 Å². The normalized spacial score (nSPS) is 16.3. The van der Waals surface area contributed by atoms with Crippen LogP contribution in [0.2, 0.25) is 0 Å². The maximum atomic E-state index is 11.2. The van der Waals surface area contributed by atoms with Gasteiger partial charge in [-0.05, 0) is 41.8 Å². The highest BCUT2D eigenvalue weighted by Gasteiger charge is 2.45. The number of thioether (sulfide) groups is 1. The molecule has 0 radical (unpaired) electrons. The van der Waals surface area contributed by atoms with Crippen molar-refractivity contribution in [2.75, 3.05) is 5.75 Å². The standard InChI is InChI=1S/C12H11ClN2OS/c1-2-17-9-5-8(12(7-14)3-4-12)6-15-10(9)11(13)16/h5-6H,2-4H2,1H3. The minimum absolute atomic E-state index is 0.288. The first kappa shape index (κ1) is 12.4. The number of carbonyl (C=O) groups is 1. The van der Waals surface area contributed by atoms with E-state index in [0.29, 0.717) is 0 Å². The molecule has 5 heteroatoms. The third-order valence-corrected chi connectivity index (χ3v) is 3.95. The van der Waals surface area contributed by atoms with E-state index in [-0.39, 0.29) is 11.1 Å². The maximum absolute atomic E-state index is 11.2. The van der Waals surface area contributed by atoms with Crippen molar-refractivity contribution in [2.24, 2.45) is 0 Å². The second kappa shape index (κ2) is 4.67. The van der Waals surface area contributed by atoms with E-state index in [0.717, 1.165) is 29.1 Å². The topological polar surface area (TPSA) is 53.8 Å². The van der Waals surface area contributed by atoms with Crippen molar-refractivity contribution in [1.82, 2.24) is 4.98 Å². The van der Waals surface area contributed by atoms with E-state index in [4.69, 9.17) is 16.9 Å². The molecule has 0 atom stereocenters. The molecule has 1 heterocycles. The van der Waals surface area contributed by atoms with Gasteiger partial charge in [-0.25, -0.2) is 0 Å². The van der Waals surface area contributed by atoms with E-state index < -0.39 is 5.24 Å². The predicted octanol–water partition coefficient (Wildman–Crippen LogP) is 3.13. The van der Waals surface area contributed by atoms with E-state index in [1.807, 2.05) is 13.0 Å². The monoisotopic (exact) mass is 266 g/mol. The van der Waals surface area contributed by atoms with Gasteiger partial charge in [0.15, 0.2) is 0 Å². The van der Waals surface area contributed by atoms with E-state index in [2.05, 4.69) is 11.1 Å². The quantitative estimate of drug-likeness (QED) is 0.621. The van der Waals surface area contributed by atoms with Crippen LogP contribution in [-0.2, 0) is 5.41 Å². The Morgan fingerprint density at radius 1 is 1.71 bits per heavy atom. The van der Waals surface area contributed by atoms with Crippen LogP contribution in [0.4, 0.5) is 0 Å². The van der Waals surface area contributed by atoms with E-state index >= 15 is 0 Å². The summed E-state index contributed by atoms with van der Waals surface area (Å²) >= 11 is 7.00. The maximum Gasteiger partial charge on any atom is 0.271 e. The molecule has 0 unspecified atom stereocenters. The molecular weight excluding hydrogens is 256 g/mol. The summed E-state index contributed by atoms with van der Waals surface area (Å²) in [6.07, 6.45) is 3.34. The minimum Gasteiger partial charge on any atom is -0.274 e. The van der Waals surface area contributed by atoms with Gasteiger partial charge in [-0.3, -0.25) is 9.78 Å². The fraction of sp³-hybridized carbons (Fsp3) is 0.417. The Kier molecular flexibility index (Phi) is 3.41. The smallest absolute Gasteiger partial charge is 0.271 e. The molecule has 2 rings (SSSR count). The first-order valence-electron chi connectivity index (χ1n) is 5.37. The van der Waals surface area contributed by atoms with E-state index in [9.17, 15) is 4.79 Å². The number of hydrogen-bond donors (Lipinski definition) is 0. The van der Waals surface area contributed by atoms with Gasteiger partial charge in [0, 0.05) is 11.1 Å². The molecule has 3 nitrogen and oxygen atoms in total. The van der Waals surface area contributed by atoms with Gasteiger partial charge in [0.25, 0.3) is 5.24 Å². The van der Waals surface area contributed by atoms with Crippen LogP contribution in [0.5, 0.6) is 0 Å². The first-order valence-corrected chi connectivity index (χ1v) is 6.74. The Balaban J connectivity index is 2.43. The van der Waals surface area contributed by atoms with Crippen LogP contribution in [0.3, 0.4) is 0 Å². The summed E-state index contributed by atoms with van der Waals surface area (Å²) in [5, 5.41) is 8.58. The number of carbonyl (C=O) groups excluding carboxylic acids is 1. The molecule has 1 aromatic rings. The SMILES string of the molecule is CCSc1cc(C2(C#N)CC2)cnc1C(=O)Cl. The Bertz CT molecular complexity index is 506. The number of hydrogen-bond acceptors (Lipinski definition) is 4. The molecule has 0 bridgehead atoms. The summed E-state index contributed by atoms with van der Waals surface area (Å²) in [6.45, 7) is 2.00. The van der Waals surface area contributed by atoms with Crippen LogP contribution >= 0.6 is 23.4 Å². The molecule has 1 saturated carbocycles. The highest BCUT2D eigenvalue weighted by atomic mass is 35.5. The van der Waals surface area contributed by atoms with Crippen LogP contribution < -0.4 is 0 Å². The van der Waals surface area contributed by atoms with Crippen molar-refractivity contribution < 1.29 is 4.79 Å². The molecule has 0 N–H and O–H groups in total. The summed E-state index contributed by atoms with van der Waals surface area (Å²) in [7, 11) is 0. The number of rotatable bonds is 4. The third-order valence-electron chi connectivity index (χ3n) is 2.86. The van der Waals surface area contributed by atoms with Crippen molar-refractivity contribution in [2.45, 2.75) is 30.1 Å². The molecule has 0 amide bonds. The summed E-state index contributed by atoms with van der Waals surface area (Å²) in [6, 6.07) is 4.20. The van der Waals surface area contributed by atoms with Crippen molar-refractivity contribution in [3.05, 3.63) is 23.5 Å². The van der Waals surface area contributed by atoms with E-state index in [1.165, 1.54) is 11.8 Å². The fourth-order valence-electron chi connectivity index (χ4n) is 1.71. The van der Waals surface area contributed by atoms with Gasteiger partial charge >= 0.3 is 0 Å². The molecule has 1 aliphatic carbocycles. The first-order chi connectivity index (χ1) is 8.13.